The van der Waals surface area contributed by atoms with Crippen LogP contribution in [0.15, 0.2) is 29.3 Å². The SMILES string of the molecule is CNCC(=O)NC(CCCCN)C(=O)NCC(=O)NC(CCCN=C(N)N)C(=O)c1nc2ccccc2s1. The van der Waals surface area contributed by atoms with E-state index >= 15 is 0 Å². The van der Waals surface area contributed by atoms with E-state index in [4.69, 9.17) is 17.2 Å². The number of nitrogens with zero attached hydrogens (tertiary/aromatic N) is 2. The Morgan fingerprint density at radius 3 is 2.34 bits per heavy atom. The number of Topliss-reactive ketones (excluding diaryl/α,β-unsaturated/α-hetero) is 1. The molecule has 1 aromatic heterocycles. The summed E-state index contributed by atoms with van der Waals surface area (Å²) in [5.41, 5.74) is 17.0. The van der Waals surface area contributed by atoms with E-state index in [9.17, 15) is 19.2 Å². The Kier molecular flexibility index (Phi) is 13.1. The second-order valence-corrected chi connectivity index (χ2v) is 9.60. The van der Waals surface area contributed by atoms with E-state index in [-0.39, 0.29) is 48.7 Å². The van der Waals surface area contributed by atoms with Gasteiger partial charge in [-0.1, -0.05) is 12.1 Å². The minimum atomic E-state index is -0.884. The van der Waals surface area contributed by atoms with Crippen LogP contribution in [0, 0.1) is 0 Å². The quantitative estimate of drug-likeness (QED) is 0.0556. The molecule has 38 heavy (non-hydrogen) atoms. The molecule has 2 aromatic rings. The lowest BCUT2D eigenvalue weighted by Gasteiger charge is -2.20. The van der Waals surface area contributed by atoms with Crippen molar-refractivity contribution in [2.24, 2.45) is 22.2 Å². The van der Waals surface area contributed by atoms with Gasteiger partial charge in [0.25, 0.3) is 0 Å². The monoisotopic (exact) mass is 547 g/mol. The number of likely N-dealkylation sites (N-methyl/N-ethyl adjacent to an activating group) is 1. The average molecular weight is 548 g/mol. The van der Waals surface area contributed by atoms with Gasteiger partial charge in [0.1, 0.15) is 6.04 Å². The molecule has 0 spiro atoms. The number of aliphatic imine (C=N–C) groups is 1. The number of carbonyl (C=O) groups excluding carboxylic acids is 4. The minimum Gasteiger partial charge on any atom is -0.370 e. The summed E-state index contributed by atoms with van der Waals surface area (Å²) in [6.45, 7) is 0.437. The number of hydrogen-bond acceptors (Lipinski definition) is 9. The van der Waals surface area contributed by atoms with Crippen LogP contribution in [0.2, 0.25) is 0 Å². The number of thiazole rings is 1. The summed E-state index contributed by atoms with van der Waals surface area (Å²) in [4.78, 5) is 59.0. The van der Waals surface area contributed by atoms with E-state index < -0.39 is 23.9 Å². The number of para-hydroxylation sites is 1. The van der Waals surface area contributed by atoms with Crippen molar-refractivity contribution in [2.45, 2.75) is 44.2 Å². The number of aromatic nitrogens is 1. The molecule has 13 nitrogen and oxygen atoms in total. The summed E-state index contributed by atoms with van der Waals surface area (Å²) in [6, 6.07) is 5.67. The second-order valence-electron chi connectivity index (χ2n) is 8.57. The highest BCUT2D eigenvalue weighted by molar-refractivity contribution is 7.20. The van der Waals surface area contributed by atoms with Gasteiger partial charge in [0.15, 0.2) is 11.0 Å². The Morgan fingerprint density at radius 1 is 0.974 bits per heavy atom. The van der Waals surface area contributed by atoms with E-state index in [0.29, 0.717) is 37.7 Å². The number of unbranched alkanes of at least 4 members (excludes halogenated alkanes) is 1. The van der Waals surface area contributed by atoms with Crippen LogP contribution in [-0.4, -0.2) is 79.8 Å². The van der Waals surface area contributed by atoms with Gasteiger partial charge in [-0.2, -0.15) is 0 Å². The zero-order chi connectivity index (χ0) is 27.9. The number of nitrogens with two attached hydrogens (primary N) is 3. The van der Waals surface area contributed by atoms with Gasteiger partial charge in [-0.05, 0) is 57.8 Å². The average Bonchev–Trinajstić information content (AvgIpc) is 3.32. The number of fused-ring (bicyclic) bond motifs is 1. The Labute approximate surface area is 225 Å². The van der Waals surface area contributed by atoms with Crippen molar-refractivity contribution >= 4 is 51.0 Å². The number of ketones is 1. The predicted molar refractivity (Wildman–Crippen MR) is 148 cm³/mol. The molecule has 0 aliphatic heterocycles. The zero-order valence-electron chi connectivity index (χ0n) is 21.5. The number of guanidine groups is 1. The normalized spacial score (nSPS) is 12.4. The van der Waals surface area contributed by atoms with E-state index in [1.54, 1.807) is 7.05 Å². The summed E-state index contributed by atoms with van der Waals surface area (Å²) in [7, 11) is 1.62. The van der Waals surface area contributed by atoms with Gasteiger partial charge in [0, 0.05) is 6.54 Å². The Hall–Kier alpha value is -3.62. The molecule has 0 saturated carbocycles. The van der Waals surface area contributed by atoms with Crippen molar-refractivity contribution in [3.63, 3.8) is 0 Å². The van der Waals surface area contributed by atoms with Crippen molar-refractivity contribution in [3.8, 4) is 0 Å². The summed E-state index contributed by atoms with van der Waals surface area (Å²) in [5.74, 6) is -1.79. The highest BCUT2D eigenvalue weighted by atomic mass is 32.1. The molecule has 1 aromatic carbocycles. The zero-order valence-corrected chi connectivity index (χ0v) is 22.3. The molecular weight excluding hydrogens is 510 g/mol. The largest absolute Gasteiger partial charge is 0.370 e. The van der Waals surface area contributed by atoms with Crippen molar-refractivity contribution in [1.29, 1.82) is 0 Å². The minimum absolute atomic E-state index is 0.0521. The second kappa shape index (κ2) is 16.3. The van der Waals surface area contributed by atoms with E-state index in [2.05, 4.69) is 31.2 Å². The first kappa shape index (κ1) is 30.6. The number of benzene rings is 1. The molecule has 0 fully saturated rings. The topological polar surface area (TPSA) is 220 Å². The van der Waals surface area contributed by atoms with Gasteiger partial charge in [0.05, 0.1) is 29.3 Å². The van der Waals surface area contributed by atoms with Crippen LogP contribution >= 0.6 is 11.3 Å². The summed E-state index contributed by atoms with van der Waals surface area (Å²) in [5, 5.41) is 10.9. The molecule has 0 aliphatic carbocycles. The molecule has 0 saturated heterocycles. The lowest BCUT2D eigenvalue weighted by molar-refractivity contribution is -0.130. The fraction of sp³-hybridized carbons (Fsp3) is 0.500. The molecule has 2 atom stereocenters. The fourth-order valence-electron chi connectivity index (χ4n) is 3.60. The van der Waals surface area contributed by atoms with Crippen molar-refractivity contribution in [1.82, 2.24) is 26.3 Å². The lowest BCUT2D eigenvalue weighted by Crippen LogP contribution is -2.51. The molecule has 10 N–H and O–H groups in total. The Morgan fingerprint density at radius 2 is 1.66 bits per heavy atom. The molecular formula is C24H37N9O4S. The van der Waals surface area contributed by atoms with Crippen LogP contribution in [0.3, 0.4) is 0 Å². The van der Waals surface area contributed by atoms with Crippen LogP contribution in [0.25, 0.3) is 10.2 Å². The highest BCUT2D eigenvalue weighted by Crippen LogP contribution is 2.23. The van der Waals surface area contributed by atoms with E-state index in [1.165, 1.54) is 11.3 Å². The number of rotatable bonds is 17. The van der Waals surface area contributed by atoms with Crippen LogP contribution in [0.4, 0.5) is 0 Å². The molecule has 0 bridgehead atoms. The third-order valence-corrected chi connectivity index (χ3v) is 6.51. The van der Waals surface area contributed by atoms with Gasteiger partial charge < -0.3 is 38.5 Å². The fourth-order valence-corrected chi connectivity index (χ4v) is 4.56. The number of carbonyl (C=O) groups is 4. The smallest absolute Gasteiger partial charge is 0.243 e. The Bertz CT molecular complexity index is 1080. The van der Waals surface area contributed by atoms with Gasteiger partial charge in [-0.15, -0.1) is 11.3 Å². The number of amides is 3. The molecule has 1 heterocycles. The van der Waals surface area contributed by atoms with Crippen LogP contribution in [-0.2, 0) is 14.4 Å². The third-order valence-electron chi connectivity index (χ3n) is 5.46. The van der Waals surface area contributed by atoms with Crippen LogP contribution in [0.5, 0.6) is 0 Å². The number of nitrogens with one attached hydrogen (secondary N) is 4. The Balaban J connectivity index is 2.04. The first-order valence-corrected chi connectivity index (χ1v) is 13.2. The maximum atomic E-state index is 13.3. The van der Waals surface area contributed by atoms with Gasteiger partial charge in [-0.25, -0.2) is 4.98 Å². The van der Waals surface area contributed by atoms with Gasteiger partial charge >= 0.3 is 0 Å². The van der Waals surface area contributed by atoms with Crippen LogP contribution < -0.4 is 38.5 Å². The molecule has 0 radical (unpaired) electrons. The van der Waals surface area contributed by atoms with E-state index in [1.807, 2.05) is 24.3 Å². The standard InChI is InChI=1S/C24H37N9O4S/c1-28-13-19(34)32-17(8-4-5-11-25)22(37)30-14-20(35)31-16(9-6-12-29-24(26)27)21(36)23-33-15-7-2-3-10-18(15)38-23/h2-3,7,10,16-17,28H,4-6,8-9,11-14,25H2,1H3,(H,30,37)(H,31,35)(H,32,34)(H4,26,27,29). The van der Waals surface area contributed by atoms with Crippen molar-refractivity contribution < 1.29 is 19.2 Å². The first-order chi connectivity index (χ1) is 18.2. The van der Waals surface area contributed by atoms with Gasteiger partial charge in [0.2, 0.25) is 23.5 Å². The summed E-state index contributed by atoms with van der Waals surface area (Å²) < 4.78 is 0.856. The van der Waals surface area contributed by atoms with Crippen LogP contribution in [0.1, 0.15) is 41.9 Å². The molecule has 2 rings (SSSR count). The number of hydrogen-bond donors (Lipinski definition) is 7. The predicted octanol–water partition coefficient (Wildman–Crippen LogP) is -1.03. The maximum absolute atomic E-state index is 13.3. The maximum Gasteiger partial charge on any atom is 0.243 e. The molecule has 14 heteroatoms. The molecule has 2 unspecified atom stereocenters. The van der Waals surface area contributed by atoms with E-state index in [0.717, 1.165) is 4.70 Å². The lowest BCUT2D eigenvalue weighted by atomic mass is 10.1. The molecule has 208 valence electrons. The van der Waals surface area contributed by atoms with Gasteiger partial charge in [-0.3, -0.25) is 24.2 Å². The molecule has 3 amide bonds. The summed E-state index contributed by atoms with van der Waals surface area (Å²) >= 11 is 1.24. The summed E-state index contributed by atoms with van der Waals surface area (Å²) in [6.07, 6.45) is 2.42. The third kappa shape index (κ3) is 10.4. The highest BCUT2D eigenvalue weighted by Gasteiger charge is 2.26. The first-order valence-electron chi connectivity index (χ1n) is 12.4. The van der Waals surface area contributed by atoms with Crippen molar-refractivity contribution in [3.05, 3.63) is 29.3 Å². The van der Waals surface area contributed by atoms with Crippen molar-refractivity contribution in [2.75, 3.05) is 33.2 Å². The molecule has 0 aliphatic rings.